The van der Waals surface area contributed by atoms with E-state index in [4.69, 9.17) is 4.74 Å². The smallest absolute Gasteiger partial charge is 0.433 e. The first-order valence-corrected chi connectivity index (χ1v) is 4.70. The van der Waals surface area contributed by atoms with Crippen LogP contribution in [-0.2, 0) is 6.18 Å². The molecule has 0 aromatic carbocycles. The molecule has 0 unspecified atom stereocenters. The number of hydrogen-bond donors (Lipinski definition) is 0. The van der Waals surface area contributed by atoms with Gasteiger partial charge in [-0.05, 0) is 12.8 Å². The first kappa shape index (κ1) is 10.9. The fourth-order valence-electron chi connectivity index (χ4n) is 1.16. The molecule has 16 heavy (non-hydrogen) atoms. The monoisotopic (exact) mass is 231 g/mol. The van der Waals surface area contributed by atoms with E-state index in [1.54, 1.807) is 0 Å². The molecule has 1 aliphatic carbocycles. The molecule has 1 heterocycles. The van der Waals surface area contributed by atoms with Gasteiger partial charge in [0.15, 0.2) is 6.29 Å². The Balaban J connectivity index is 2.33. The normalized spacial score (nSPS) is 15.9. The van der Waals surface area contributed by atoms with Gasteiger partial charge in [0.1, 0.15) is 11.4 Å². The van der Waals surface area contributed by atoms with Crippen LogP contribution in [-0.4, -0.2) is 17.4 Å². The number of carbonyl (C=O) groups is 1. The van der Waals surface area contributed by atoms with Crippen LogP contribution in [0.2, 0.25) is 0 Å². The Labute approximate surface area is 89.2 Å². The number of nitrogens with zero attached hydrogens (tertiary/aromatic N) is 1. The lowest BCUT2D eigenvalue weighted by Crippen LogP contribution is -2.10. The first-order valence-electron chi connectivity index (χ1n) is 4.70. The lowest BCUT2D eigenvalue weighted by molar-refractivity contribution is -0.141. The van der Waals surface area contributed by atoms with E-state index in [0.717, 1.165) is 25.1 Å². The van der Waals surface area contributed by atoms with Crippen LogP contribution >= 0.6 is 0 Å². The SMILES string of the molecule is O=Cc1cnc(C(F)(F)F)cc1OC1CC1. The average Bonchev–Trinajstić information content (AvgIpc) is 3.00. The number of pyridine rings is 1. The lowest BCUT2D eigenvalue weighted by Gasteiger charge is -2.10. The molecular weight excluding hydrogens is 223 g/mol. The number of halogens is 3. The van der Waals surface area contributed by atoms with Crippen LogP contribution in [0.5, 0.6) is 5.75 Å². The fraction of sp³-hybridized carbons (Fsp3) is 0.400. The predicted molar refractivity (Wildman–Crippen MR) is 48.3 cm³/mol. The van der Waals surface area contributed by atoms with E-state index >= 15 is 0 Å². The third-order valence-electron chi connectivity index (χ3n) is 2.13. The van der Waals surface area contributed by atoms with Gasteiger partial charge in [0.25, 0.3) is 0 Å². The van der Waals surface area contributed by atoms with E-state index in [-0.39, 0.29) is 17.4 Å². The predicted octanol–water partition coefficient (Wildman–Crippen LogP) is 2.45. The Morgan fingerprint density at radius 2 is 2.12 bits per heavy atom. The minimum atomic E-state index is -4.52. The largest absolute Gasteiger partial charge is 0.490 e. The molecule has 1 saturated carbocycles. The number of aldehydes is 1. The van der Waals surface area contributed by atoms with Gasteiger partial charge < -0.3 is 4.74 Å². The molecule has 6 heteroatoms. The van der Waals surface area contributed by atoms with Gasteiger partial charge >= 0.3 is 6.18 Å². The second-order valence-electron chi connectivity index (χ2n) is 3.54. The molecule has 1 aromatic rings. The van der Waals surface area contributed by atoms with Crippen LogP contribution in [0, 0.1) is 0 Å². The van der Waals surface area contributed by atoms with Gasteiger partial charge in [-0.3, -0.25) is 9.78 Å². The molecule has 0 atom stereocenters. The summed E-state index contributed by atoms with van der Waals surface area (Å²) < 4.78 is 42.3. The van der Waals surface area contributed by atoms with E-state index in [1.807, 2.05) is 0 Å². The summed E-state index contributed by atoms with van der Waals surface area (Å²) in [5.74, 6) is -0.0418. The van der Waals surface area contributed by atoms with E-state index in [9.17, 15) is 18.0 Å². The molecular formula is C10H8F3NO2. The summed E-state index contributed by atoms with van der Waals surface area (Å²) >= 11 is 0. The minimum absolute atomic E-state index is 0.0416. The summed E-state index contributed by atoms with van der Waals surface area (Å²) in [5.41, 5.74) is -1.01. The Morgan fingerprint density at radius 3 is 2.62 bits per heavy atom. The molecule has 0 saturated heterocycles. The molecule has 86 valence electrons. The Morgan fingerprint density at radius 1 is 1.44 bits per heavy atom. The number of rotatable bonds is 3. The summed E-state index contributed by atoms with van der Waals surface area (Å²) in [6, 6.07) is 0.766. The van der Waals surface area contributed by atoms with Crippen molar-refractivity contribution in [3.8, 4) is 5.75 Å². The van der Waals surface area contributed by atoms with Crippen molar-refractivity contribution in [2.75, 3.05) is 0 Å². The topological polar surface area (TPSA) is 39.2 Å². The summed E-state index contributed by atoms with van der Waals surface area (Å²) in [6.45, 7) is 0. The molecule has 0 radical (unpaired) electrons. The van der Waals surface area contributed by atoms with Crippen LogP contribution in [0.25, 0.3) is 0 Å². The second-order valence-corrected chi connectivity index (χ2v) is 3.54. The van der Waals surface area contributed by atoms with Crippen LogP contribution < -0.4 is 4.74 Å². The molecule has 1 aromatic heterocycles. The molecule has 0 bridgehead atoms. The number of alkyl halides is 3. The van der Waals surface area contributed by atoms with Crippen LogP contribution in [0.15, 0.2) is 12.3 Å². The highest BCUT2D eigenvalue weighted by Gasteiger charge is 2.34. The van der Waals surface area contributed by atoms with Crippen molar-refractivity contribution < 1.29 is 22.7 Å². The van der Waals surface area contributed by atoms with E-state index < -0.39 is 11.9 Å². The molecule has 0 N–H and O–H groups in total. The summed E-state index contributed by atoms with van der Waals surface area (Å²) in [4.78, 5) is 13.8. The van der Waals surface area contributed by atoms with Crippen LogP contribution in [0.1, 0.15) is 28.9 Å². The minimum Gasteiger partial charge on any atom is -0.490 e. The quantitative estimate of drug-likeness (QED) is 0.750. The molecule has 0 amide bonds. The number of hydrogen-bond acceptors (Lipinski definition) is 3. The third-order valence-corrected chi connectivity index (χ3v) is 2.13. The van der Waals surface area contributed by atoms with Gasteiger partial charge in [-0.25, -0.2) is 0 Å². The van der Waals surface area contributed by atoms with Crippen molar-refractivity contribution in [1.82, 2.24) is 4.98 Å². The Kier molecular flexibility index (Phi) is 2.57. The molecule has 1 fully saturated rings. The van der Waals surface area contributed by atoms with Crippen LogP contribution in [0.4, 0.5) is 13.2 Å². The van der Waals surface area contributed by atoms with Gasteiger partial charge in [0.2, 0.25) is 0 Å². The molecule has 0 spiro atoms. The average molecular weight is 231 g/mol. The number of carbonyl (C=O) groups excluding carboxylic acids is 1. The van der Waals surface area contributed by atoms with Crippen molar-refractivity contribution in [3.63, 3.8) is 0 Å². The highest BCUT2D eigenvalue weighted by Crippen LogP contribution is 2.33. The Bertz CT molecular complexity index is 413. The molecule has 2 rings (SSSR count). The highest BCUT2D eigenvalue weighted by atomic mass is 19.4. The van der Waals surface area contributed by atoms with Gasteiger partial charge in [0, 0.05) is 12.3 Å². The highest BCUT2D eigenvalue weighted by molar-refractivity contribution is 5.78. The maximum atomic E-state index is 12.4. The second kappa shape index (κ2) is 3.77. The summed E-state index contributed by atoms with van der Waals surface area (Å²) in [7, 11) is 0. The third kappa shape index (κ3) is 2.32. The summed E-state index contributed by atoms with van der Waals surface area (Å²) in [6.07, 6.45) is -1.66. The maximum absolute atomic E-state index is 12.4. The first-order chi connectivity index (χ1) is 7.50. The van der Waals surface area contributed by atoms with Crippen molar-refractivity contribution in [3.05, 3.63) is 23.5 Å². The fourth-order valence-corrected chi connectivity index (χ4v) is 1.16. The molecule has 0 aliphatic heterocycles. The van der Waals surface area contributed by atoms with Crippen molar-refractivity contribution in [1.29, 1.82) is 0 Å². The number of aromatic nitrogens is 1. The van der Waals surface area contributed by atoms with E-state index in [0.29, 0.717) is 6.29 Å². The summed E-state index contributed by atoms with van der Waals surface area (Å²) in [5, 5.41) is 0. The van der Waals surface area contributed by atoms with Crippen molar-refractivity contribution in [2.24, 2.45) is 0 Å². The van der Waals surface area contributed by atoms with E-state index in [1.165, 1.54) is 0 Å². The number of ether oxygens (including phenoxy) is 1. The molecule has 1 aliphatic rings. The zero-order valence-corrected chi connectivity index (χ0v) is 8.12. The Hall–Kier alpha value is -1.59. The lowest BCUT2D eigenvalue weighted by atomic mass is 10.2. The van der Waals surface area contributed by atoms with Gasteiger partial charge in [-0.2, -0.15) is 13.2 Å². The standard InChI is InChI=1S/C10H8F3NO2/c11-10(12,13)9-3-8(16-7-1-2-7)6(5-15)4-14-9/h3-5,7H,1-2H2. The van der Waals surface area contributed by atoms with Crippen molar-refractivity contribution >= 4 is 6.29 Å². The van der Waals surface area contributed by atoms with Crippen molar-refractivity contribution in [2.45, 2.75) is 25.1 Å². The zero-order chi connectivity index (χ0) is 11.8. The van der Waals surface area contributed by atoms with E-state index in [2.05, 4.69) is 4.98 Å². The zero-order valence-electron chi connectivity index (χ0n) is 8.12. The van der Waals surface area contributed by atoms with Crippen LogP contribution in [0.3, 0.4) is 0 Å². The molecule has 3 nitrogen and oxygen atoms in total. The maximum Gasteiger partial charge on any atom is 0.433 e. The van der Waals surface area contributed by atoms with Gasteiger partial charge in [-0.15, -0.1) is 0 Å². The van der Waals surface area contributed by atoms with Gasteiger partial charge in [0.05, 0.1) is 11.7 Å². The van der Waals surface area contributed by atoms with Gasteiger partial charge in [-0.1, -0.05) is 0 Å².